The zero-order chi connectivity index (χ0) is 7.52. The van der Waals surface area contributed by atoms with E-state index < -0.39 is 0 Å². The zero-order valence-corrected chi connectivity index (χ0v) is 6.79. The van der Waals surface area contributed by atoms with Crippen molar-refractivity contribution in [2.45, 2.75) is 38.0 Å². The first kappa shape index (κ1) is 7.59. The molecule has 1 aliphatic carbocycles. The highest BCUT2D eigenvalue weighted by atomic mass is 17.3. The summed E-state index contributed by atoms with van der Waals surface area (Å²) in [6.07, 6.45) is 6.22. The molecule has 1 saturated heterocycles. The number of hydrogen-bond donors (Lipinski definition) is 0. The van der Waals surface area contributed by atoms with Crippen LogP contribution in [0.2, 0.25) is 6.32 Å². The van der Waals surface area contributed by atoms with Gasteiger partial charge in [0.1, 0.15) is 0 Å². The molecule has 0 aromatic heterocycles. The second kappa shape index (κ2) is 3.56. The number of rotatable bonds is 1. The molecule has 0 atom stereocenters. The molecule has 2 fully saturated rings. The van der Waals surface area contributed by atoms with Crippen molar-refractivity contribution in [2.24, 2.45) is 0 Å². The fourth-order valence-electron chi connectivity index (χ4n) is 1.35. The summed E-state index contributed by atoms with van der Waals surface area (Å²) in [6.45, 7) is 0.753. The van der Waals surface area contributed by atoms with Crippen molar-refractivity contribution < 1.29 is 9.88 Å². The van der Waals surface area contributed by atoms with Gasteiger partial charge in [-0.2, -0.15) is 4.99 Å². The Hall–Kier alpha value is -0.0551. The van der Waals surface area contributed by atoms with Gasteiger partial charge < -0.3 is 0 Å². The molecule has 1 heterocycles. The quantitative estimate of drug-likeness (QED) is 0.414. The Morgan fingerprint density at radius 3 is 3.00 bits per heavy atom. The Kier molecular flexibility index (Phi) is 2.46. The van der Waals surface area contributed by atoms with Gasteiger partial charge in [-0.15, -0.1) is 0 Å². The van der Waals surface area contributed by atoms with Gasteiger partial charge in [0, 0.05) is 6.04 Å². The van der Waals surface area contributed by atoms with Gasteiger partial charge in [-0.05, 0) is 19.3 Å². The van der Waals surface area contributed by atoms with Gasteiger partial charge in [-0.3, -0.25) is 0 Å². The summed E-state index contributed by atoms with van der Waals surface area (Å²) in [5.74, 6) is 0. The topological polar surface area (TPSA) is 21.7 Å². The van der Waals surface area contributed by atoms with Gasteiger partial charge in [-0.1, -0.05) is 12.7 Å². The lowest BCUT2D eigenvalue weighted by Crippen LogP contribution is -2.31. The van der Waals surface area contributed by atoms with E-state index in [0.717, 1.165) is 20.4 Å². The second-order valence-electron chi connectivity index (χ2n) is 3.33. The summed E-state index contributed by atoms with van der Waals surface area (Å²) in [6, 6.07) is 0.660. The van der Waals surface area contributed by atoms with Crippen LogP contribution in [0.15, 0.2) is 0 Å². The molecular weight excluding hydrogens is 141 g/mol. The molecule has 0 N–H and O–H groups in total. The Morgan fingerprint density at radius 1 is 1.27 bits per heavy atom. The Labute approximate surface area is 67.8 Å². The van der Waals surface area contributed by atoms with E-state index >= 15 is 0 Å². The fourth-order valence-corrected chi connectivity index (χ4v) is 1.35. The molecule has 2 aliphatic rings. The van der Waals surface area contributed by atoms with Crippen LogP contribution in [0.4, 0.5) is 0 Å². The molecule has 0 radical (unpaired) electrons. The van der Waals surface area contributed by atoms with Crippen molar-refractivity contribution in [1.82, 2.24) is 4.97 Å². The van der Waals surface area contributed by atoms with E-state index in [4.69, 9.17) is 9.88 Å². The first-order chi connectivity index (χ1) is 5.47. The van der Waals surface area contributed by atoms with Crippen molar-refractivity contribution in [3.8, 4) is 0 Å². The molecule has 1 aliphatic heterocycles. The molecule has 0 spiro atoms. The van der Waals surface area contributed by atoms with Crippen LogP contribution in [0.1, 0.15) is 25.7 Å². The van der Waals surface area contributed by atoms with Gasteiger partial charge in [0.2, 0.25) is 7.41 Å². The molecule has 0 amide bonds. The maximum Gasteiger partial charge on any atom is 0.243 e. The van der Waals surface area contributed by atoms with E-state index in [1.54, 1.807) is 0 Å². The predicted molar refractivity (Wildman–Crippen MR) is 43.1 cm³/mol. The predicted octanol–water partition coefficient (Wildman–Crippen LogP) is 0.878. The smallest absolute Gasteiger partial charge is 0.219 e. The first-order valence-electron chi connectivity index (χ1n) is 4.53. The third kappa shape index (κ3) is 2.19. The fraction of sp³-hybridized carbons (Fsp3) is 1.00. The SMILES string of the molecule is B1CCCCOON1C1CC1. The van der Waals surface area contributed by atoms with Crippen molar-refractivity contribution in [1.29, 1.82) is 0 Å². The molecule has 3 nitrogen and oxygen atoms in total. The highest BCUT2D eigenvalue weighted by molar-refractivity contribution is 6.31. The van der Waals surface area contributed by atoms with E-state index in [1.807, 2.05) is 4.97 Å². The summed E-state index contributed by atoms with van der Waals surface area (Å²) in [5.41, 5.74) is 0. The van der Waals surface area contributed by atoms with Crippen LogP contribution in [-0.2, 0) is 9.88 Å². The standard InChI is InChI=1S/C7H14BNO2/c1-2-6-10-11-9(8-5-1)7-3-4-7/h7-8H,1-6H2. The molecule has 0 unspecified atom stereocenters. The molecule has 0 aromatic rings. The number of hydrogen-bond acceptors (Lipinski definition) is 3. The van der Waals surface area contributed by atoms with Gasteiger partial charge in [0.15, 0.2) is 0 Å². The normalized spacial score (nSPS) is 28.7. The Bertz CT molecular complexity index is 122. The lowest BCUT2D eigenvalue weighted by atomic mass is 9.85. The minimum atomic E-state index is 0.660. The lowest BCUT2D eigenvalue weighted by Gasteiger charge is -2.21. The highest BCUT2D eigenvalue weighted by Gasteiger charge is 2.30. The van der Waals surface area contributed by atoms with E-state index in [0.29, 0.717) is 6.04 Å². The van der Waals surface area contributed by atoms with Gasteiger partial charge in [0.25, 0.3) is 0 Å². The van der Waals surface area contributed by atoms with E-state index in [-0.39, 0.29) is 0 Å². The van der Waals surface area contributed by atoms with Crippen LogP contribution in [-0.4, -0.2) is 25.0 Å². The third-order valence-electron chi connectivity index (χ3n) is 2.21. The van der Waals surface area contributed by atoms with Gasteiger partial charge in [0.05, 0.1) is 6.61 Å². The van der Waals surface area contributed by atoms with Crippen molar-refractivity contribution in [3.63, 3.8) is 0 Å². The van der Waals surface area contributed by atoms with Crippen LogP contribution in [0.25, 0.3) is 0 Å². The van der Waals surface area contributed by atoms with Crippen LogP contribution in [0, 0.1) is 0 Å². The maximum atomic E-state index is 5.14. The second-order valence-corrected chi connectivity index (χ2v) is 3.33. The first-order valence-corrected chi connectivity index (χ1v) is 4.53. The molecule has 0 aromatic carbocycles. The van der Waals surface area contributed by atoms with Crippen LogP contribution < -0.4 is 0 Å². The van der Waals surface area contributed by atoms with Crippen LogP contribution in [0.3, 0.4) is 0 Å². The molecular formula is C7H14BNO2. The Morgan fingerprint density at radius 2 is 2.18 bits per heavy atom. The van der Waals surface area contributed by atoms with Crippen LogP contribution in [0.5, 0.6) is 0 Å². The Balaban J connectivity index is 1.76. The average Bonchev–Trinajstić information content (AvgIpc) is 2.68. The van der Waals surface area contributed by atoms with Gasteiger partial charge in [-0.25, -0.2) is 9.86 Å². The number of hydroxylamine groups is 1. The van der Waals surface area contributed by atoms with E-state index in [2.05, 4.69) is 0 Å². The van der Waals surface area contributed by atoms with E-state index in [1.165, 1.54) is 25.6 Å². The van der Waals surface area contributed by atoms with E-state index in [9.17, 15) is 0 Å². The summed E-state index contributed by atoms with van der Waals surface area (Å²) in [7, 11) is 1.05. The molecule has 1 saturated carbocycles. The number of nitrogens with zero attached hydrogens (tertiary/aromatic N) is 1. The lowest BCUT2D eigenvalue weighted by molar-refractivity contribution is -0.401. The molecule has 62 valence electrons. The molecule has 4 heteroatoms. The highest BCUT2D eigenvalue weighted by Crippen LogP contribution is 2.27. The summed E-state index contributed by atoms with van der Waals surface area (Å²) < 4.78 is 0. The third-order valence-corrected chi connectivity index (χ3v) is 2.21. The largest absolute Gasteiger partial charge is 0.243 e. The average molecular weight is 155 g/mol. The molecule has 11 heavy (non-hydrogen) atoms. The van der Waals surface area contributed by atoms with Crippen molar-refractivity contribution in [2.75, 3.05) is 6.61 Å². The maximum absolute atomic E-state index is 5.14. The summed E-state index contributed by atoms with van der Waals surface area (Å²) >= 11 is 0. The molecule has 2 rings (SSSR count). The van der Waals surface area contributed by atoms with Crippen molar-refractivity contribution in [3.05, 3.63) is 0 Å². The molecule has 0 bridgehead atoms. The summed E-state index contributed by atoms with van der Waals surface area (Å²) in [4.78, 5) is 12.2. The monoisotopic (exact) mass is 155 g/mol. The van der Waals surface area contributed by atoms with Crippen LogP contribution >= 0.6 is 0 Å². The van der Waals surface area contributed by atoms with Crippen molar-refractivity contribution >= 4 is 7.41 Å². The minimum absolute atomic E-state index is 0.660. The van der Waals surface area contributed by atoms with Gasteiger partial charge >= 0.3 is 0 Å². The minimum Gasteiger partial charge on any atom is -0.219 e. The zero-order valence-electron chi connectivity index (χ0n) is 6.79. The summed E-state index contributed by atoms with van der Waals surface area (Å²) in [5, 5.41) is 0.